The van der Waals surface area contributed by atoms with E-state index in [-0.39, 0.29) is 9.99 Å². The van der Waals surface area contributed by atoms with Gasteiger partial charge >= 0.3 is 0 Å². The number of thiophene rings is 1. The highest BCUT2D eigenvalue weighted by molar-refractivity contribution is 7.91. The summed E-state index contributed by atoms with van der Waals surface area (Å²) in [6, 6.07) is 9.02. The SMILES string of the molecule is CCc1nc(-c2csc(S(=O)(=O)N3CCN(c4ccc(C(C)=O)cc4)CC3)c2)no1. The molecule has 0 N–H and O–H groups in total. The van der Waals surface area contributed by atoms with Crippen LogP contribution in [0, 0.1) is 0 Å². The number of nitrogens with zero attached hydrogens (tertiary/aromatic N) is 4. The number of piperazine rings is 1. The highest BCUT2D eigenvalue weighted by Crippen LogP contribution is 2.30. The summed E-state index contributed by atoms with van der Waals surface area (Å²) in [6.45, 7) is 5.41. The van der Waals surface area contributed by atoms with Gasteiger partial charge in [-0.1, -0.05) is 12.1 Å². The third kappa shape index (κ3) is 4.03. The molecule has 2 aromatic heterocycles. The molecule has 1 aromatic carbocycles. The maximum atomic E-state index is 13.1. The minimum Gasteiger partial charge on any atom is -0.369 e. The predicted molar refractivity (Wildman–Crippen MR) is 114 cm³/mol. The number of carbonyl (C=O) groups excluding carboxylic acids is 1. The number of benzene rings is 1. The molecule has 30 heavy (non-hydrogen) atoms. The first-order valence-corrected chi connectivity index (χ1v) is 12.0. The van der Waals surface area contributed by atoms with Gasteiger partial charge < -0.3 is 9.42 Å². The molecular formula is C20H22N4O4S2. The van der Waals surface area contributed by atoms with Crippen molar-refractivity contribution in [2.45, 2.75) is 24.5 Å². The van der Waals surface area contributed by atoms with E-state index in [9.17, 15) is 13.2 Å². The fourth-order valence-corrected chi connectivity index (χ4v) is 6.04. The van der Waals surface area contributed by atoms with E-state index >= 15 is 0 Å². The van der Waals surface area contributed by atoms with Crippen LogP contribution in [0.2, 0.25) is 0 Å². The average molecular weight is 447 g/mol. The van der Waals surface area contributed by atoms with Crippen LogP contribution >= 0.6 is 11.3 Å². The van der Waals surface area contributed by atoms with E-state index in [0.29, 0.717) is 55.4 Å². The second kappa shape index (κ2) is 8.29. The molecule has 1 saturated heterocycles. The molecule has 0 bridgehead atoms. The Morgan fingerprint density at radius 1 is 1.17 bits per heavy atom. The smallest absolute Gasteiger partial charge is 0.252 e. The Morgan fingerprint density at radius 2 is 1.87 bits per heavy atom. The lowest BCUT2D eigenvalue weighted by Gasteiger charge is -2.35. The van der Waals surface area contributed by atoms with Crippen molar-refractivity contribution < 1.29 is 17.7 Å². The summed E-state index contributed by atoms with van der Waals surface area (Å²) in [5.41, 5.74) is 2.30. The number of rotatable bonds is 6. The zero-order valence-electron chi connectivity index (χ0n) is 16.7. The van der Waals surface area contributed by atoms with Crippen molar-refractivity contribution in [2.24, 2.45) is 0 Å². The summed E-state index contributed by atoms with van der Waals surface area (Å²) in [7, 11) is -3.58. The fraction of sp³-hybridized carbons (Fsp3) is 0.350. The first-order valence-electron chi connectivity index (χ1n) is 9.66. The van der Waals surface area contributed by atoms with Gasteiger partial charge in [0.15, 0.2) is 5.78 Å². The zero-order valence-corrected chi connectivity index (χ0v) is 18.4. The van der Waals surface area contributed by atoms with Crippen LogP contribution in [0.1, 0.15) is 30.1 Å². The molecule has 0 aliphatic carbocycles. The molecule has 4 rings (SSSR count). The molecule has 158 valence electrons. The first kappa shape index (κ1) is 20.7. The number of hydrogen-bond donors (Lipinski definition) is 0. The van der Waals surface area contributed by atoms with Crippen LogP contribution in [0.4, 0.5) is 5.69 Å². The van der Waals surface area contributed by atoms with Crippen LogP contribution in [0.3, 0.4) is 0 Å². The molecule has 3 aromatic rings. The van der Waals surface area contributed by atoms with Crippen molar-refractivity contribution in [3.05, 3.63) is 47.2 Å². The molecule has 0 radical (unpaired) electrons. The molecule has 10 heteroatoms. The lowest BCUT2D eigenvalue weighted by Crippen LogP contribution is -2.48. The largest absolute Gasteiger partial charge is 0.369 e. The Labute approximate surface area is 179 Å². The van der Waals surface area contributed by atoms with Crippen molar-refractivity contribution in [1.29, 1.82) is 0 Å². The van der Waals surface area contributed by atoms with E-state index in [0.717, 1.165) is 5.69 Å². The second-order valence-corrected chi connectivity index (χ2v) is 10.1. The normalized spacial score (nSPS) is 15.5. The Kier molecular flexibility index (Phi) is 5.72. The van der Waals surface area contributed by atoms with Gasteiger partial charge in [0.2, 0.25) is 11.7 Å². The van der Waals surface area contributed by atoms with Gasteiger partial charge in [-0.15, -0.1) is 11.3 Å². The van der Waals surface area contributed by atoms with Crippen LogP contribution in [0.5, 0.6) is 0 Å². The van der Waals surface area contributed by atoms with E-state index < -0.39 is 10.0 Å². The molecule has 0 saturated carbocycles. The van der Waals surface area contributed by atoms with Crippen LogP contribution in [0.15, 0.2) is 44.4 Å². The van der Waals surface area contributed by atoms with Crippen molar-refractivity contribution in [3.63, 3.8) is 0 Å². The summed E-state index contributed by atoms with van der Waals surface area (Å²) in [4.78, 5) is 17.8. The molecule has 0 atom stereocenters. The summed E-state index contributed by atoms with van der Waals surface area (Å²) in [5.74, 6) is 0.955. The van der Waals surface area contributed by atoms with Gasteiger partial charge in [0, 0.05) is 54.8 Å². The summed E-state index contributed by atoms with van der Waals surface area (Å²) in [6.07, 6.45) is 0.629. The Morgan fingerprint density at radius 3 is 2.47 bits per heavy atom. The number of aryl methyl sites for hydroxylation is 1. The van der Waals surface area contributed by atoms with Crippen molar-refractivity contribution in [2.75, 3.05) is 31.1 Å². The zero-order chi connectivity index (χ0) is 21.3. The van der Waals surface area contributed by atoms with Gasteiger partial charge in [-0.05, 0) is 37.3 Å². The van der Waals surface area contributed by atoms with Gasteiger partial charge in [-0.2, -0.15) is 9.29 Å². The van der Waals surface area contributed by atoms with E-state index in [1.807, 2.05) is 19.1 Å². The lowest BCUT2D eigenvalue weighted by molar-refractivity contribution is 0.101. The number of carbonyl (C=O) groups is 1. The molecule has 1 aliphatic rings. The van der Waals surface area contributed by atoms with Crippen molar-refractivity contribution in [3.8, 4) is 11.4 Å². The third-order valence-corrected chi connectivity index (χ3v) is 8.39. The third-order valence-electron chi connectivity index (χ3n) is 5.08. The van der Waals surface area contributed by atoms with E-state index in [2.05, 4.69) is 15.0 Å². The Balaban J connectivity index is 1.44. The van der Waals surface area contributed by atoms with Crippen molar-refractivity contribution >= 4 is 32.8 Å². The van der Waals surface area contributed by atoms with Crippen molar-refractivity contribution in [1.82, 2.24) is 14.4 Å². The molecule has 8 nitrogen and oxygen atoms in total. The summed E-state index contributed by atoms with van der Waals surface area (Å²) in [5, 5.41) is 5.65. The van der Waals surface area contributed by atoms with Crippen LogP contribution in [0.25, 0.3) is 11.4 Å². The first-order chi connectivity index (χ1) is 14.4. The predicted octanol–water partition coefficient (Wildman–Crippen LogP) is 3.07. The van der Waals surface area contributed by atoms with Gasteiger partial charge in [0.25, 0.3) is 10.0 Å². The fourth-order valence-electron chi connectivity index (χ4n) is 3.31. The quantitative estimate of drug-likeness (QED) is 0.537. The van der Waals surface area contributed by atoms with E-state index in [1.54, 1.807) is 23.6 Å². The molecule has 0 amide bonds. The Hall–Kier alpha value is -2.56. The number of sulfonamides is 1. The monoisotopic (exact) mass is 446 g/mol. The topological polar surface area (TPSA) is 96.6 Å². The van der Waals surface area contributed by atoms with Gasteiger partial charge in [0.1, 0.15) is 4.21 Å². The highest BCUT2D eigenvalue weighted by Gasteiger charge is 2.30. The Bertz CT molecular complexity index is 1140. The number of hydrogen-bond acceptors (Lipinski definition) is 8. The maximum Gasteiger partial charge on any atom is 0.252 e. The number of aromatic nitrogens is 2. The van der Waals surface area contributed by atoms with Crippen LogP contribution in [-0.4, -0.2) is 54.8 Å². The maximum absolute atomic E-state index is 13.1. The minimum atomic E-state index is -3.58. The number of ketones is 1. The molecule has 3 heterocycles. The average Bonchev–Trinajstić information content (AvgIpc) is 3.43. The van der Waals surface area contributed by atoms with Crippen LogP contribution < -0.4 is 4.90 Å². The summed E-state index contributed by atoms with van der Waals surface area (Å²) >= 11 is 1.17. The lowest BCUT2D eigenvalue weighted by atomic mass is 10.1. The number of anilines is 1. The second-order valence-electron chi connectivity index (χ2n) is 7.01. The standard InChI is InChI=1S/C20H22N4O4S2/c1-3-18-21-20(22-28-18)16-12-19(29-13-16)30(26,27)24-10-8-23(9-11-24)17-6-4-15(5-7-17)14(2)25/h4-7,12-13H,3,8-11H2,1-2H3. The molecular weight excluding hydrogens is 424 g/mol. The van der Waals surface area contributed by atoms with Crippen LogP contribution in [-0.2, 0) is 16.4 Å². The number of Topliss-reactive ketones (excluding diaryl/α,β-unsaturated/α-hetero) is 1. The molecule has 1 fully saturated rings. The molecule has 0 unspecified atom stereocenters. The van der Waals surface area contributed by atoms with Gasteiger partial charge in [0.05, 0.1) is 0 Å². The van der Waals surface area contributed by atoms with Gasteiger partial charge in [-0.3, -0.25) is 4.79 Å². The molecule has 0 spiro atoms. The highest BCUT2D eigenvalue weighted by atomic mass is 32.2. The van der Waals surface area contributed by atoms with Gasteiger partial charge in [-0.25, -0.2) is 8.42 Å². The summed E-state index contributed by atoms with van der Waals surface area (Å²) < 4.78 is 33.0. The van der Waals surface area contributed by atoms with E-state index in [1.165, 1.54) is 22.6 Å². The minimum absolute atomic E-state index is 0.0273. The molecule has 1 aliphatic heterocycles. The van der Waals surface area contributed by atoms with E-state index in [4.69, 9.17) is 4.52 Å².